The molecule has 8 N–H and O–H groups in total. The molecule has 0 saturated heterocycles. The van der Waals surface area contributed by atoms with Gasteiger partial charge in [0.15, 0.2) is 0 Å². The number of hydrogen-bond acceptors (Lipinski definition) is 9. The van der Waals surface area contributed by atoms with Crippen LogP contribution in [0.5, 0.6) is 0 Å². The van der Waals surface area contributed by atoms with Gasteiger partial charge in [-0.25, -0.2) is 14.6 Å². The molecule has 0 aliphatic rings. The number of alkyl carbamates (subject to hydrolysis) is 1. The number of hydrogen-bond donors (Lipinski definition) is 7. The van der Waals surface area contributed by atoms with Gasteiger partial charge in [0.2, 0.25) is 17.7 Å². The van der Waals surface area contributed by atoms with Crippen molar-refractivity contribution in [2.75, 3.05) is 25.0 Å². The molecule has 4 rings (SSSR count). The molecule has 316 valence electrons. The summed E-state index contributed by atoms with van der Waals surface area (Å²) in [6, 6.07) is 20.2. The summed E-state index contributed by atoms with van der Waals surface area (Å²) in [5.74, 6) is -1.56. The van der Waals surface area contributed by atoms with Crippen molar-refractivity contribution in [1.82, 2.24) is 36.6 Å². The first-order valence-electron chi connectivity index (χ1n) is 19.4. The predicted molar refractivity (Wildman–Crippen MR) is 229 cm³/mol. The van der Waals surface area contributed by atoms with Crippen molar-refractivity contribution in [3.8, 4) is 0 Å². The highest BCUT2D eigenvalue weighted by atomic mass is 79.9. The lowest BCUT2D eigenvalue weighted by molar-refractivity contribution is -0.130. The van der Waals surface area contributed by atoms with E-state index in [1.54, 1.807) is 48.7 Å². The molecule has 1 aromatic heterocycles. The van der Waals surface area contributed by atoms with Gasteiger partial charge in [0.05, 0.1) is 23.3 Å². The van der Waals surface area contributed by atoms with E-state index in [9.17, 15) is 28.8 Å². The minimum absolute atomic E-state index is 0.0632. The topological polar surface area (TPSA) is 236 Å². The lowest BCUT2D eigenvalue weighted by Gasteiger charge is -2.21. The molecular formula is C42H54BrN9O7. The number of alkyl halides is 1. The Morgan fingerprint density at radius 3 is 2.20 bits per heavy atom. The smallest absolute Gasteiger partial charge is 0.407 e. The zero-order valence-electron chi connectivity index (χ0n) is 33.6. The molecule has 0 radical (unpaired) electrons. The number of anilines is 1. The lowest BCUT2D eigenvalue weighted by Crippen LogP contribution is -2.51. The number of amides is 7. The second kappa shape index (κ2) is 26.0. The van der Waals surface area contributed by atoms with Crippen LogP contribution in [0.3, 0.4) is 0 Å². The summed E-state index contributed by atoms with van der Waals surface area (Å²) in [6.45, 7) is 6.88. The van der Waals surface area contributed by atoms with Crippen molar-refractivity contribution < 1.29 is 33.5 Å². The van der Waals surface area contributed by atoms with Gasteiger partial charge in [-0.1, -0.05) is 85.6 Å². The van der Waals surface area contributed by atoms with Gasteiger partial charge in [0, 0.05) is 48.8 Å². The molecule has 59 heavy (non-hydrogen) atoms. The summed E-state index contributed by atoms with van der Waals surface area (Å²) in [5, 5.41) is 16.7. The number of nitrogens with zero attached hydrogens (tertiary/aromatic N) is 2. The molecule has 0 fully saturated rings. The third-order valence-corrected chi connectivity index (χ3v) is 9.06. The highest BCUT2D eigenvalue weighted by molar-refractivity contribution is 9.08. The van der Waals surface area contributed by atoms with Gasteiger partial charge in [-0.2, -0.15) is 0 Å². The highest BCUT2D eigenvalue weighted by Gasteiger charge is 2.24. The summed E-state index contributed by atoms with van der Waals surface area (Å²) in [4.78, 5) is 81.3. The van der Waals surface area contributed by atoms with Crippen molar-refractivity contribution in [3.63, 3.8) is 0 Å². The van der Waals surface area contributed by atoms with E-state index in [0.29, 0.717) is 61.0 Å². The van der Waals surface area contributed by atoms with Crippen LogP contribution in [-0.2, 0) is 37.6 Å². The predicted octanol–water partition coefficient (Wildman–Crippen LogP) is 5.20. The molecule has 7 amide bonds. The number of halogens is 1. The van der Waals surface area contributed by atoms with Gasteiger partial charge < -0.3 is 42.4 Å². The molecule has 0 spiro atoms. The molecule has 17 heteroatoms. The third kappa shape index (κ3) is 18.4. The van der Waals surface area contributed by atoms with E-state index in [-0.39, 0.29) is 37.3 Å². The number of aromatic nitrogens is 2. The van der Waals surface area contributed by atoms with Crippen LogP contribution in [0.4, 0.5) is 15.3 Å². The monoisotopic (exact) mass is 875 g/mol. The van der Waals surface area contributed by atoms with Crippen LogP contribution >= 0.6 is 15.9 Å². The van der Waals surface area contributed by atoms with E-state index in [1.807, 2.05) is 51.1 Å². The lowest BCUT2D eigenvalue weighted by atomic mass is 10.0. The van der Waals surface area contributed by atoms with Crippen LogP contribution in [0.1, 0.15) is 80.1 Å². The standard InChI is InChI=1S/C38H44BrN7O6.C4H10N2O/c1-25(2)35(46-33(47)11-7-4-8-18-40-36(49)28-14-17-31-32(19-28)41-22-30(20-39)44-31)37(50)42-23-34(48)45-29-15-12-27(13-16-29)24-52-38(51)43-21-26-9-5-3-6-10-26;1-2-3-6-4(5)7/h3,5-6,9-10,12-17,19,22,25,35H,4,7-8,11,18,20-21,23-24H2,1-2H3,(H,40,49)(H,42,50)(H,43,51)(H,45,48)(H,46,47);2-3H2,1H3,(H3,5,6,7). The van der Waals surface area contributed by atoms with Crippen molar-refractivity contribution >= 4 is 68.4 Å². The fraction of sp³-hybridized carbons (Fsp3) is 0.381. The first-order chi connectivity index (χ1) is 28.4. The molecule has 16 nitrogen and oxygen atoms in total. The summed E-state index contributed by atoms with van der Waals surface area (Å²) in [7, 11) is 0. The van der Waals surface area contributed by atoms with E-state index in [0.717, 1.165) is 28.8 Å². The number of carbonyl (C=O) groups excluding carboxylic acids is 6. The van der Waals surface area contributed by atoms with E-state index < -0.39 is 30.0 Å². The number of benzene rings is 3. The van der Waals surface area contributed by atoms with E-state index in [1.165, 1.54) is 0 Å². The Morgan fingerprint density at radius 1 is 0.797 bits per heavy atom. The zero-order chi connectivity index (χ0) is 43.0. The Balaban J connectivity index is 0.00000122. The molecule has 4 aromatic rings. The van der Waals surface area contributed by atoms with Crippen LogP contribution in [0.2, 0.25) is 0 Å². The summed E-state index contributed by atoms with van der Waals surface area (Å²) in [6.07, 6.45) is 4.28. The Labute approximate surface area is 352 Å². The quantitative estimate of drug-likeness (QED) is 0.0456. The number of nitrogens with two attached hydrogens (primary N) is 1. The van der Waals surface area contributed by atoms with E-state index in [4.69, 9.17) is 10.5 Å². The maximum Gasteiger partial charge on any atom is 0.407 e. The molecule has 0 saturated carbocycles. The molecule has 0 aliphatic heterocycles. The largest absolute Gasteiger partial charge is 0.445 e. The number of fused-ring (bicyclic) bond motifs is 1. The number of urea groups is 1. The number of carbonyl (C=O) groups is 6. The van der Waals surface area contributed by atoms with Gasteiger partial charge in [-0.05, 0) is 66.6 Å². The Hall–Kier alpha value is -6.10. The average molecular weight is 877 g/mol. The first-order valence-corrected chi connectivity index (χ1v) is 20.5. The van der Waals surface area contributed by atoms with Crippen LogP contribution < -0.4 is 37.6 Å². The molecule has 0 bridgehead atoms. The maximum absolute atomic E-state index is 12.9. The van der Waals surface area contributed by atoms with Crippen LogP contribution in [0.25, 0.3) is 11.0 Å². The molecule has 1 heterocycles. The molecule has 0 aliphatic carbocycles. The number of primary amides is 1. The normalized spacial score (nSPS) is 11.0. The van der Waals surface area contributed by atoms with Crippen molar-refractivity contribution in [1.29, 1.82) is 0 Å². The SMILES string of the molecule is CC(C)C(NC(=O)CCCCCNC(=O)c1ccc2nc(CBr)cnc2c1)C(=O)NCC(=O)Nc1ccc(COC(=O)NCc2ccccc2)cc1.CCCNC(N)=O. The Kier molecular flexibility index (Phi) is 20.8. The summed E-state index contributed by atoms with van der Waals surface area (Å²) in [5.41, 5.74) is 9.62. The fourth-order valence-corrected chi connectivity index (χ4v) is 5.58. The second-order valence-corrected chi connectivity index (χ2v) is 14.3. The number of rotatable bonds is 20. The Bertz CT molecular complexity index is 1980. The summed E-state index contributed by atoms with van der Waals surface area (Å²) >= 11 is 3.36. The van der Waals surface area contributed by atoms with Gasteiger partial charge in [-0.3, -0.25) is 24.2 Å². The minimum atomic E-state index is -0.804. The van der Waals surface area contributed by atoms with E-state index >= 15 is 0 Å². The minimum Gasteiger partial charge on any atom is -0.445 e. The highest BCUT2D eigenvalue weighted by Crippen LogP contribution is 2.14. The maximum atomic E-state index is 12.9. The van der Waals surface area contributed by atoms with Crippen molar-refractivity contribution in [2.24, 2.45) is 11.7 Å². The second-order valence-electron chi connectivity index (χ2n) is 13.7. The summed E-state index contributed by atoms with van der Waals surface area (Å²) < 4.78 is 5.25. The van der Waals surface area contributed by atoms with Crippen molar-refractivity contribution in [2.45, 2.75) is 77.4 Å². The van der Waals surface area contributed by atoms with Gasteiger partial charge in [0.25, 0.3) is 5.91 Å². The van der Waals surface area contributed by atoms with Crippen molar-refractivity contribution in [3.05, 3.63) is 101 Å². The third-order valence-electron chi connectivity index (χ3n) is 8.48. The van der Waals surface area contributed by atoms with Gasteiger partial charge in [-0.15, -0.1) is 0 Å². The average Bonchev–Trinajstić information content (AvgIpc) is 3.24. The number of nitrogens with one attached hydrogen (secondary N) is 6. The fourth-order valence-electron chi connectivity index (χ4n) is 5.31. The first kappa shape index (κ1) is 47.3. The number of ether oxygens (including phenoxy) is 1. The van der Waals surface area contributed by atoms with Crippen LogP contribution in [-0.4, -0.2) is 71.4 Å². The van der Waals surface area contributed by atoms with E-state index in [2.05, 4.69) is 57.8 Å². The zero-order valence-corrected chi connectivity index (χ0v) is 35.2. The molecular weight excluding hydrogens is 822 g/mol. The molecule has 1 unspecified atom stereocenters. The Morgan fingerprint density at radius 2 is 1.54 bits per heavy atom. The number of unbranched alkanes of at least 4 members (excludes halogenated alkanes) is 2. The van der Waals surface area contributed by atoms with Crippen LogP contribution in [0.15, 0.2) is 79.0 Å². The van der Waals surface area contributed by atoms with Gasteiger partial charge >= 0.3 is 12.1 Å². The van der Waals surface area contributed by atoms with Crippen LogP contribution in [0, 0.1) is 5.92 Å². The molecule has 3 aromatic carbocycles. The van der Waals surface area contributed by atoms with Gasteiger partial charge in [0.1, 0.15) is 12.6 Å². The molecule has 1 atom stereocenters.